The topological polar surface area (TPSA) is 23.5 Å². The molecule has 2 nitrogen and oxygen atoms in total. The van der Waals surface area contributed by atoms with Gasteiger partial charge < -0.3 is 10.0 Å². The second-order valence-corrected chi connectivity index (χ2v) is 3.86. The van der Waals surface area contributed by atoms with Crippen molar-refractivity contribution in [3.8, 4) is 0 Å². The number of halogens is 1. The maximum Gasteiger partial charge on any atom is 0.0802 e. The van der Waals surface area contributed by atoms with E-state index in [0.29, 0.717) is 18.3 Å². The minimum Gasteiger partial charge on any atom is -0.391 e. The van der Waals surface area contributed by atoms with Crippen LogP contribution in [0.25, 0.3) is 0 Å². The first-order chi connectivity index (χ1) is 5.60. The molecule has 0 aliphatic rings. The summed E-state index contributed by atoms with van der Waals surface area (Å²) in [7, 11) is 0. The predicted molar refractivity (Wildman–Crippen MR) is 53.7 cm³/mol. The number of nitrogens with zero attached hydrogens (tertiary/aromatic N) is 1. The van der Waals surface area contributed by atoms with Crippen LogP contribution in [0.3, 0.4) is 0 Å². The summed E-state index contributed by atoms with van der Waals surface area (Å²) in [5, 5.41) is 9.30. The fraction of sp³-hybridized carbons (Fsp3) is 1.00. The molecule has 1 unspecified atom stereocenters. The normalized spacial score (nSPS) is 14.2. The van der Waals surface area contributed by atoms with E-state index in [-0.39, 0.29) is 6.10 Å². The van der Waals surface area contributed by atoms with Crippen LogP contribution in [0.4, 0.5) is 0 Å². The Morgan fingerprint density at radius 2 is 1.92 bits per heavy atom. The Morgan fingerprint density at radius 1 is 1.33 bits per heavy atom. The predicted octanol–water partition coefficient (Wildman–Crippen LogP) is 1.56. The number of hydrogen-bond acceptors (Lipinski definition) is 2. The van der Waals surface area contributed by atoms with E-state index >= 15 is 0 Å². The standard InChI is InChI=1S/C9H20ClNO/c1-4-11(6-8(2)3)7-9(12)5-10/h8-9,12H,4-7H2,1-3H3. The Bertz CT molecular complexity index is 109. The van der Waals surface area contributed by atoms with Crippen molar-refractivity contribution in [3.05, 3.63) is 0 Å². The molecular weight excluding hydrogens is 174 g/mol. The van der Waals surface area contributed by atoms with Crippen LogP contribution < -0.4 is 0 Å². The highest BCUT2D eigenvalue weighted by atomic mass is 35.5. The molecule has 0 saturated heterocycles. The Labute approximate surface area is 80.5 Å². The molecular formula is C9H20ClNO. The summed E-state index contributed by atoms with van der Waals surface area (Å²) in [5.74, 6) is 0.974. The maximum atomic E-state index is 9.30. The van der Waals surface area contributed by atoms with E-state index in [1.807, 2.05) is 0 Å². The molecule has 0 fully saturated rings. The molecule has 3 heteroatoms. The van der Waals surface area contributed by atoms with E-state index < -0.39 is 0 Å². The van der Waals surface area contributed by atoms with Gasteiger partial charge in [-0.1, -0.05) is 20.8 Å². The van der Waals surface area contributed by atoms with Crippen LogP contribution in [-0.2, 0) is 0 Å². The highest BCUT2D eigenvalue weighted by Gasteiger charge is 2.09. The highest BCUT2D eigenvalue weighted by Crippen LogP contribution is 2.00. The van der Waals surface area contributed by atoms with Crippen molar-refractivity contribution in [2.24, 2.45) is 5.92 Å². The van der Waals surface area contributed by atoms with Crippen LogP contribution in [0, 0.1) is 5.92 Å². The van der Waals surface area contributed by atoms with E-state index in [9.17, 15) is 5.11 Å². The molecule has 74 valence electrons. The van der Waals surface area contributed by atoms with Crippen LogP contribution >= 0.6 is 11.6 Å². The molecule has 1 N–H and O–H groups in total. The Morgan fingerprint density at radius 3 is 2.25 bits per heavy atom. The minimum atomic E-state index is -0.384. The van der Waals surface area contributed by atoms with E-state index in [4.69, 9.17) is 11.6 Å². The summed E-state index contributed by atoms with van der Waals surface area (Å²) in [6, 6.07) is 0. The third kappa shape index (κ3) is 5.81. The molecule has 0 aromatic heterocycles. The average molecular weight is 194 g/mol. The van der Waals surface area contributed by atoms with Gasteiger partial charge in [0.2, 0.25) is 0 Å². The zero-order valence-electron chi connectivity index (χ0n) is 8.26. The first-order valence-electron chi connectivity index (χ1n) is 4.56. The van der Waals surface area contributed by atoms with Gasteiger partial charge in [-0.25, -0.2) is 0 Å². The van der Waals surface area contributed by atoms with Crippen LogP contribution in [-0.4, -0.2) is 41.6 Å². The lowest BCUT2D eigenvalue weighted by Gasteiger charge is -2.24. The summed E-state index contributed by atoms with van der Waals surface area (Å²) in [6.45, 7) is 9.16. The van der Waals surface area contributed by atoms with Crippen LogP contribution in [0.5, 0.6) is 0 Å². The van der Waals surface area contributed by atoms with Crippen molar-refractivity contribution < 1.29 is 5.11 Å². The second kappa shape index (κ2) is 6.70. The van der Waals surface area contributed by atoms with E-state index in [1.165, 1.54) is 0 Å². The minimum absolute atomic E-state index is 0.328. The van der Waals surface area contributed by atoms with Crippen molar-refractivity contribution in [1.82, 2.24) is 4.90 Å². The summed E-state index contributed by atoms with van der Waals surface area (Å²) < 4.78 is 0. The number of aliphatic hydroxyl groups is 1. The summed E-state index contributed by atoms with van der Waals surface area (Å²) in [6.07, 6.45) is -0.384. The summed E-state index contributed by atoms with van der Waals surface area (Å²) in [4.78, 5) is 2.22. The molecule has 0 heterocycles. The van der Waals surface area contributed by atoms with Crippen molar-refractivity contribution in [3.63, 3.8) is 0 Å². The first-order valence-corrected chi connectivity index (χ1v) is 5.10. The number of rotatable bonds is 6. The van der Waals surface area contributed by atoms with Crippen LogP contribution in [0.2, 0.25) is 0 Å². The lowest BCUT2D eigenvalue weighted by Crippen LogP contribution is -2.35. The molecule has 0 amide bonds. The second-order valence-electron chi connectivity index (χ2n) is 3.55. The quantitative estimate of drug-likeness (QED) is 0.648. The highest BCUT2D eigenvalue weighted by molar-refractivity contribution is 6.18. The van der Waals surface area contributed by atoms with Gasteiger partial charge in [0.25, 0.3) is 0 Å². The van der Waals surface area contributed by atoms with Crippen molar-refractivity contribution >= 4 is 11.6 Å². The number of aliphatic hydroxyl groups excluding tert-OH is 1. The summed E-state index contributed by atoms with van der Waals surface area (Å²) >= 11 is 5.51. The van der Waals surface area contributed by atoms with Gasteiger partial charge in [-0.3, -0.25) is 0 Å². The molecule has 0 aliphatic heterocycles. The zero-order valence-corrected chi connectivity index (χ0v) is 9.01. The molecule has 0 spiro atoms. The fourth-order valence-electron chi connectivity index (χ4n) is 1.20. The van der Waals surface area contributed by atoms with E-state index in [0.717, 1.165) is 13.1 Å². The molecule has 12 heavy (non-hydrogen) atoms. The van der Waals surface area contributed by atoms with Crippen LogP contribution in [0.1, 0.15) is 20.8 Å². The fourth-order valence-corrected chi connectivity index (χ4v) is 1.29. The van der Waals surface area contributed by atoms with Gasteiger partial charge in [-0.15, -0.1) is 11.6 Å². The van der Waals surface area contributed by atoms with Gasteiger partial charge in [0.15, 0.2) is 0 Å². The molecule has 0 bridgehead atoms. The van der Waals surface area contributed by atoms with Crippen molar-refractivity contribution in [2.45, 2.75) is 26.9 Å². The SMILES string of the molecule is CCN(CC(C)C)CC(O)CCl. The average Bonchev–Trinajstić information content (AvgIpc) is 2.02. The zero-order chi connectivity index (χ0) is 9.56. The molecule has 0 radical (unpaired) electrons. The molecule has 0 aliphatic carbocycles. The first kappa shape index (κ1) is 12.2. The monoisotopic (exact) mass is 193 g/mol. The Hall–Kier alpha value is 0.210. The molecule has 0 aromatic carbocycles. The molecule has 0 saturated carbocycles. The number of likely N-dealkylation sites (N-methyl/N-ethyl adjacent to an activating group) is 1. The smallest absolute Gasteiger partial charge is 0.0802 e. The molecule has 0 aromatic rings. The Balaban J connectivity index is 3.66. The van der Waals surface area contributed by atoms with E-state index in [2.05, 4.69) is 25.7 Å². The van der Waals surface area contributed by atoms with Gasteiger partial charge in [-0.2, -0.15) is 0 Å². The lowest BCUT2D eigenvalue weighted by atomic mass is 10.2. The van der Waals surface area contributed by atoms with Gasteiger partial charge in [-0.05, 0) is 12.5 Å². The third-order valence-corrected chi connectivity index (χ3v) is 2.07. The van der Waals surface area contributed by atoms with Gasteiger partial charge in [0.05, 0.1) is 6.10 Å². The number of alkyl halides is 1. The van der Waals surface area contributed by atoms with E-state index in [1.54, 1.807) is 0 Å². The van der Waals surface area contributed by atoms with Crippen molar-refractivity contribution in [1.29, 1.82) is 0 Å². The van der Waals surface area contributed by atoms with Gasteiger partial charge in [0.1, 0.15) is 0 Å². The van der Waals surface area contributed by atoms with Gasteiger partial charge >= 0.3 is 0 Å². The largest absolute Gasteiger partial charge is 0.391 e. The van der Waals surface area contributed by atoms with Crippen molar-refractivity contribution in [2.75, 3.05) is 25.5 Å². The van der Waals surface area contributed by atoms with Gasteiger partial charge in [0, 0.05) is 19.0 Å². The lowest BCUT2D eigenvalue weighted by molar-refractivity contribution is 0.125. The summed E-state index contributed by atoms with van der Waals surface area (Å²) in [5.41, 5.74) is 0. The third-order valence-electron chi connectivity index (χ3n) is 1.72. The maximum absolute atomic E-state index is 9.30. The van der Waals surface area contributed by atoms with Crippen LogP contribution in [0.15, 0.2) is 0 Å². The molecule has 0 rings (SSSR count). The molecule has 1 atom stereocenters. The Kier molecular flexibility index (Phi) is 6.81. The number of hydrogen-bond donors (Lipinski definition) is 1.